The van der Waals surface area contributed by atoms with E-state index < -0.39 is 53.8 Å². The van der Waals surface area contributed by atoms with Gasteiger partial charge in [0.2, 0.25) is 5.91 Å². The van der Waals surface area contributed by atoms with Gasteiger partial charge in [0.1, 0.15) is 17.5 Å². The monoisotopic (exact) mass is 750 g/mol. The normalized spacial score (nSPS) is 17.6. The predicted molar refractivity (Wildman–Crippen MR) is 187 cm³/mol. The van der Waals surface area contributed by atoms with Gasteiger partial charge in [-0.3, -0.25) is 19.5 Å². The molecule has 3 heterocycles. The molecule has 2 aliphatic heterocycles. The largest absolute Gasteiger partial charge is 0.494 e. The van der Waals surface area contributed by atoms with Gasteiger partial charge in [0.25, 0.3) is 11.8 Å². The zero-order chi connectivity index (χ0) is 37.0. The molecule has 2 saturated heterocycles. The third-order valence-electron chi connectivity index (χ3n) is 8.15. The lowest BCUT2D eigenvalue weighted by atomic mass is 10.1. The number of aromatic nitrogens is 1. The summed E-state index contributed by atoms with van der Waals surface area (Å²) in [6.45, 7) is 8.55. The molecule has 1 atom stereocenters. The van der Waals surface area contributed by atoms with Gasteiger partial charge >= 0.3 is 10.5 Å². The standard InChI is InChI=1S/C32H35F3N6O6S2.C2H6/c33-32(34)19-23(20-36)41(22-32)30(42)21-38-31(43)27-8-9-37-29-7-4-25(18-28(27)29)46-16-1-10-39-11-13-40(14-12-39)15-17-48-26-5-2-24(3-6-26)47-49(35,44)45;1-2/h2-9,18,23H,1,10-17,19,21-22H2,(H,38,43);1-2H3. The zero-order valence-electron chi connectivity index (χ0n) is 28.4. The van der Waals surface area contributed by atoms with Gasteiger partial charge in [0.05, 0.1) is 36.8 Å². The van der Waals surface area contributed by atoms with E-state index in [0.29, 0.717) is 23.3 Å². The Morgan fingerprint density at radius 2 is 1.71 bits per heavy atom. The molecule has 2 aromatic carbocycles. The maximum atomic E-state index is 13.7. The molecule has 17 heteroatoms. The smallest absolute Gasteiger partial charge is 0.488 e. The van der Waals surface area contributed by atoms with Crippen molar-refractivity contribution in [2.45, 2.75) is 43.5 Å². The second-order valence-electron chi connectivity index (χ2n) is 11.6. The van der Waals surface area contributed by atoms with E-state index in [2.05, 4.69) is 24.3 Å². The number of piperazine rings is 1. The molecule has 0 bridgehead atoms. The van der Waals surface area contributed by atoms with Crippen LogP contribution in [0, 0.1) is 11.3 Å². The minimum atomic E-state index is -5.04. The van der Waals surface area contributed by atoms with Crippen LogP contribution in [0.3, 0.4) is 0 Å². The van der Waals surface area contributed by atoms with E-state index in [1.54, 1.807) is 48.2 Å². The van der Waals surface area contributed by atoms with E-state index >= 15 is 0 Å². The molecule has 0 spiro atoms. The van der Waals surface area contributed by atoms with Gasteiger partial charge in [-0.1, -0.05) is 17.7 Å². The predicted octanol–water partition coefficient (Wildman–Crippen LogP) is 4.52. The Morgan fingerprint density at radius 1 is 1.04 bits per heavy atom. The minimum absolute atomic E-state index is 0.0705. The van der Waals surface area contributed by atoms with E-state index in [0.717, 1.165) is 61.2 Å². The van der Waals surface area contributed by atoms with E-state index in [-0.39, 0.29) is 11.3 Å². The Labute approximate surface area is 300 Å². The highest BCUT2D eigenvalue weighted by molar-refractivity contribution is 7.99. The number of hydrogen-bond donors (Lipinski definition) is 1. The first-order chi connectivity index (χ1) is 24.4. The van der Waals surface area contributed by atoms with Crippen LogP contribution in [-0.4, -0.2) is 117 Å². The molecule has 276 valence electrons. The molecule has 0 radical (unpaired) electrons. The molecule has 0 aliphatic carbocycles. The summed E-state index contributed by atoms with van der Waals surface area (Å²) in [5.41, 5.74) is 0.798. The molecule has 1 unspecified atom stereocenters. The van der Waals surface area contributed by atoms with Crippen LogP contribution in [0.2, 0.25) is 0 Å². The highest BCUT2D eigenvalue weighted by atomic mass is 32.3. The second kappa shape index (κ2) is 18.4. The summed E-state index contributed by atoms with van der Waals surface area (Å²) in [7, 11) is -5.04. The van der Waals surface area contributed by atoms with Crippen molar-refractivity contribution in [3.8, 4) is 17.6 Å². The number of carbonyl (C=O) groups excluding carboxylic acids is 2. The summed E-state index contributed by atoms with van der Waals surface area (Å²) in [4.78, 5) is 36.3. The average molecular weight is 751 g/mol. The number of amides is 2. The first-order valence-electron chi connectivity index (χ1n) is 16.6. The number of fused-ring (bicyclic) bond motifs is 1. The Kier molecular flexibility index (Phi) is 14.3. The average Bonchev–Trinajstić information content (AvgIpc) is 3.44. The molecule has 12 nitrogen and oxygen atoms in total. The summed E-state index contributed by atoms with van der Waals surface area (Å²) in [6.07, 6.45) is 1.53. The van der Waals surface area contributed by atoms with Crippen molar-refractivity contribution in [2.75, 3.05) is 64.7 Å². The van der Waals surface area contributed by atoms with Gasteiger partial charge in [-0.25, -0.2) is 8.78 Å². The van der Waals surface area contributed by atoms with Crippen molar-refractivity contribution in [1.29, 1.82) is 5.26 Å². The molecule has 2 aliphatic rings. The van der Waals surface area contributed by atoms with Crippen LogP contribution in [0.4, 0.5) is 12.7 Å². The lowest BCUT2D eigenvalue weighted by Gasteiger charge is -2.34. The molecule has 51 heavy (non-hydrogen) atoms. The molecular formula is C34H41F3N6O6S2. The number of carbonyl (C=O) groups is 2. The van der Waals surface area contributed by atoms with Gasteiger partial charge in [-0.05, 0) is 55.0 Å². The van der Waals surface area contributed by atoms with Crippen LogP contribution in [-0.2, 0) is 15.3 Å². The zero-order valence-corrected chi connectivity index (χ0v) is 30.0. The maximum Gasteiger partial charge on any atom is 0.488 e. The van der Waals surface area contributed by atoms with Crippen LogP contribution in [0.5, 0.6) is 11.5 Å². The van der Waals surface area contributed by atoms with Crippen molar-refractivity contribution in [3.63, 3.8) is 0 Å². The second-order valence-corrected chi connectivity index (χ2v) is 13.7. The Balaban J connectivity index is 0.00000286. The van der Waals surface area contributed by atoms with Crippen LogP contribution in [0.1, 0.15) is 37.0 Å². The minimum Gasteiger partial charge on any atom is -0.494 e. The molecule has 2 fully saturated rings. The van der Waals surface area contributed by atoms with Gasteiger partial charge in [0.15, 0.2) is 0 Å². The lowest BCUT2D eigenvalue weighted by molar-refractivity contribution is -0.131. The van der Waals surface area contributed by atoms with Crippen LogP contribution < -0.4 is 14.2 Å². The number of nitrogens with zero attached hydrogens (tertiary/aromatic N) is 5. The number of halogens is 3. The molecule has 1 N–H and O–H groups in total. The molecule has 1 aromatic heterocycles. The van der Waals surface area contributed by atoms with Gasteiger partial charge in [-0.15, -0.1) is 11.8 Å². The van der Waals surface area contributed by atoms with Crippen molar-refractivity contribution in [1.82, 2.24) is 25.0 Å². The van der Waals surface area contributed by atoms with Gasteiger partial charge in [-0.2, -0.15) is 13.7 Å². The highest BCUT2D eigenvalue weighted by Gasteiger charge is 2.47. The van der Waals surface area contributed by atoms with Gasteiger partial charge in [0, 0.05) is 67.9 Å². The number of benzene rings is 2. The fourth-order valence-electron chi connectivity index (χ4n) is 5.67. The van der Waals surface area contributed by atoms with Gasteiger partial charge < -0.3 is 24.0 Å². The third kappa shape index (κ3) is 12.0. The molecule has 0 saturated carbocycles. The number of thioether (sulfide) groups is 1. The Morgan fingerprint density at radius 3 is 2.37 bits per heavy atom. The lowest BCUT2D eigenvalue weighted by Crippen LogP contribution is -2.47. The quantitative estimate of drug-likeness (QED) is 0.141. The number of nitrogens with one attached hydrogen (secondary N) is 1. The SMILES string of the molecule is CC.N#CC1CC(F)(F)CN1C(=O)CNC(=O)c1ccnc2ccc(OCCCN3CCN(CCSc4ccc(OS(=O)(=O)F)cc4)CC3)cc12. The highest BCUT2D eigenvalue weighted by Crippen LogP contribution is 2.31. The number of ether oxygens (including phenoxy) is 1. The van der Waals surface area contributed by atoms with Crippen LogP contribution >= 0.6 is 11.8 Å². The fraction of sp³-hybridized carbons (Fsp3) is 0.471. The number of likely N-dealkylation sites (tertiary alicyclic amines) is 1. The summed E-state index contributed by atoms with van der Waals surface area (Å²) < 4.78 is 71.5. The van der Waals surface area contributed by atoms with Crippen molar-refractivity contribution in [3.05, 3.63) is 60.3 Å². The molecular weight excluding hydrogens is 710 g/mol. The summed E-state index contributed by atoms with van der Waals surface area (Å²) in [5, 5.41) is 12.1. The van der Waals surface area contributed by atoms with E-state index in [4.69, 9.17) is 10.00 Å². The first-order valence-corrected chi connectivity index (χ1v) is 18.9. The van der Waals surface area contributed by atoms with E-state index in [1.165, 1.54) is 24.4 Å². The maximum absolute atomic E-state index is 13.7. The number of nitriles is 1. The van der Waals surface area contributed by atoms with Crippen molar-refractivity contribution in [2.24, 2.45) is 0 Å². The summed E-state index contributed by atoms with van der Waals surface area (Å²) in [6, 6.07) is 13.4. The Bertz CT molecular complexity index is 1790. The third-order valence-corrected chi connectivity index (χ3v) is 9.53. The molecule has 2 amide bonds. The summed E-state index contributed by atoms with van der Waals surface area (Å²) >= 11 is 1.62. The fourth-order valence-corrected chi connectivity index (χ4v) is 6.93. The number of rotatable bonds is 14. The van der Waals surface area contributed by atoms with Crippen molar-refractivity contribution >= 4 is 45.0 Å². The first kappa shape index (κ1) is 39.7. The van der Waals surface area contributed by atoms with E-state index in [1.807, 2.05) is 13.8 Å². The van der Waals surface area contributed by atoms with E-state index in [9.17, 15) is 30.7 Å². The Hall–Kier alpha value is -4.11. The number of hydrogen-bond acceptors (Lipinski definition) is 11. The van der Waals surface area contributed by atoms with Crippen molar-refractivity contribution < 1.29 is 39.6 Å². The topological polar surface area (TPSA) is 145 Å². The summed E-state index contributed by atoms with van der Waals surface area (Å²) in [5.74, 6) is -3.14. The molecule has 5 rings (SSSR count). The van der Waals surface area contributed by atoms with Crippen LogP contribution in [0.15, 0.2) is 59.6 Å². The molecule has 3 aromatic rings. The van der Waals surface area contributed by atoms with Crippen LogP contribution in [0.25, 0.3) is 10.9 Å². The number of alkyl halides is 2. The number of pyridine rings is 1.